The van der Waals surface area contributed by atoms with E-state index in [1.54, 1.807) is 0 Å². The molecule has 0 aliphatic carbocycles. The summed E-state index contributed by atoms with van der Waals surface area (Å²) in [6, 6.07) is 5.81. The van der Waals surface area contributed by atoms with Crippen LogP contribution in [-0.2, 0) is 18.4 Å². The molecule has 0 fully saturated rings. The molecule has 0 atom stereocenters. The summed E-state index contributed by atoms with van der Waals surface area (Å²) in [5.74, 6) is -0.306. The van der Waals surface area contributed by atoms with Crippen LogP contribution in [0.2, 0.25) is 36.3 Å². The Balaban J connectivity index is 4.72. The topological polar surface area (TPSA) is 52.6 Å². The molecule has 0 aromatic rings. The molecule has 0 aliphatic heterocycles. The molecular formula is C15H32O4Si2. The predicted molar refractivity (Wildman–Crippen MR) is 91.2 cm³/mol. The summed E-state index contributed by atoms with van der Waals surface area (Å²) in [6.45, 7) is 11.5. The van der Waals surface area contributed by atoms with Crippen LogP contribution in [0.5, 0.6) is 0 Å². The molecule has 0 aromatic carbocycles. The summed E-state index contributed by atoms with van der Waals surface area (Å²) in [6.07, 6.45) is 1.00. The van der Waals surface area contributed by atoms with Crippen LogP contribution >= 0.6 is 0 Å². The maximum Gasteiger partial charge on any atom is 0.289 e. The summed E-state index contributed by atoms with van der Waals surface area (Å²) in [5, 5.41) is 0. The van der Waals surface area contributed by atoms with Gasteiger partial charge in [-0.3, -0.25) is 9.59 Å². The van der Waals surface area contributed by atoms with Crippen LogP contribution in [0.15, 0.2) is 0 Å². The molecule has 124 valence electrons. The Morgan fingerprint density at radius 2 is 1.00 bits per heavy atom. The van der Waals surface area contributed by atoms with E-state index in [4.69, 9.17) is 8.85 Å². The SMILES string of the molecule is CC[Si](CC)(CCC[Si](CC)(CC)OC(C)=O)OC(C)=O. The van der Waals surface area contributed by atoms with Crippen molar-refractivity contribution in [2.24, 2.45) is 0 Å². The monoisotopic (exact) mass is 332 g/mol. The second-order valence-corrected chi connectivity index (χ2v) is 14.8. The Bertz CT molecular complexity index is 305. The zero-order chi connectivity index (χ0) is 16.5. The summed E-state index contributed by atoms with van der Waals surface area (Å²) >= 11 is 0. The molecule has 0 spiro atoms. The van der Waals surface area contributed by atoms with Gasteiger partial charge in [0.05, 0.1) is 0 Å². The van der Waals surface area contributed by atoms with Crippen LogP contribution in [-0.4, -0.2) is 28.6 Å². The minimum absolute atomic E-state index is 0.153. The molecular weight excluding hydrogens is 300 g/mol. The highest BCUT2D eigenvalue weighted by Gasteiger charge is 2.37. The van der Waals surface area contributed by atoms with Crippen molar-refractivity contribution in [3.05, 3.63) is 0 Å². The quantitative estimate of drug-likeness (QED) is 0.554. The van der Waals surface area contributed by atoms with Crippen molar-refractivity contribution < 1.29 is 18.4 Å². The molecule has 0 unspecified atom stereocenters. The van der Waals surface area contributed by atoms with Gasteiger partial charge >= 0.3 is 0 Å². The van der Waals surface area contributed by atoms with Crippen LogP contribution in [0, 0.1) is 0 Å². The van der Waals surface area contributed by atoms with E-state index in [-0.39, 0.29) is 11.9 Å². The number of carbonyl (C=O) groups excluding carboxylic acids is 2. The lowest BCUT2D eigenvalue weighted by atomic mass is 10.6. The molecule has 0 rings (SSSR count). The molecule has 0 saturated carbocycles. The van der Waals surface area contributed by atoms with Gasteiger partial charge in [-0.15, -0.1) is 0 Å². The Labute approximate surface area is 131 Å². The predicted octanol–water partition coefficient (Wildman–Crippen LogP) is 4.47. The smallest absolute Gasteiger partial charge is 0.289 e. The van der Waals surface area contributed by atoms with E-state index in [0.29, 0.717) is 0 Å². The molecule has 0 aliphatic rings. The lowest BCUT2D eigenvalue weighted by Gasteiger charge is -2.32. The van der Waals surface area contributed by atoms with E-state index in [1.165, 1.54) is 13.8 Å². The van der Waals surface area contributed by atoms with Gasteiger partial charge in [-0.25, -0.2) is 0 Å². The van der Waals surface area contributed by atoms with Crippen LogP contribution < -0.4 is 0 Å². The zero-order valence-corrected chi connectivity index (χ0v) is 16.6. The fraction of sp³-hybridized carbons (Fsp3) is 0.867. The molecule has 0 radical (unpaired) electrons. The van der Waals surface area contributed by atoms with Crippen molar-refractivity contribution in [1.29, 1.82) is 0 Å². The number of hydrogen-bond donors (Lipinski definition) is 0. The van der Waals surface area contributed by atoms with Gasteiger partial charge in [0.1, 0.15) is 0 Å². The van der Waals surface area contributed by atoms with Gasteiger partial charge in [0.2, 0.25) is 0 Å². The minimum Gasteiger partial charge on any atom is -0.519 e. The fourth-order valence-corrected chi connectivity index (χ4v) is 9.35. The second kappa shape index (κ2) is 9.40. The molecule has 21 heavy (non-hydrogen) atoms. The van der Waals surface area contributed by atoms with Crippen molar-refractivity contribution in [2.45, 2.75) is 84.2 Å². The molecule has 0 bridgehead atoms. The van der Waals surface area contributed by atoms with Crippen molar-refractivity contribution in [3.63, 3.8) is 0 Å². The largest absolute Gasteiger partial charge is 0.519 e. The van der Waals surface area contributed by atoms with Crippen molar-refractivity contribution in [2.75, 3.05) is 0 Å². The third-order valence-corrected chi connectivity index (χ3v) is 13.7. The number of carbonyl (C=O) groups is 2. The van der Waals surface area contributed by atoms with Gasteiger partial charge in [0, 0.05) is 13.8 Å². The van der Waals surface area contributed by atoms with E-state index < -0.39 is 16.6 Å². The fourth-order valence-electron chi connectivity index (χ4n) is 2.94. The van der Waals surface area contributed by atoms with Gasteiger partial charge in [0.25, 0.3) is 28.6 Å². The lowest BCUT2D eigenvalue weighted by Crippen LogP contribution is -2.41. The molecule has 0 heterocycles. The Hall–Kier alpha value is -0.626. The first-order chi connectivity index (χ1) is 9.78. The summed E-state index contributed by atoms with van der Waals surface area (Å²) in [5.41, 5.74) is 0. The Morgan fingerprint density at radius 1 is 0.714 bits per heavy atom. The summed E-state index contributed by atoms with van der Waals surface area (Å²) in [4.78, 5) is 22.7. The van der Waals surface area contributed by atoms with E-state index in [9.17, 15) is 9.59 Å². The summed E-state index contributed by atoms with van der Waals surface area (Å²) in [7, 11) is -3.88. The molecule has 6 heteroatoms. The van der Waals surface area contributed by atoms with Gasteiger partial charge in [-0.1, -0.05) is 34.1 Å². The first-order valence-electron chi connectivity index (χ1n) is 8.17. The molecule has 0 aromatic heterocycles. The third-order valence-electron chi connectivity index (χ3n) is 4.56. The maximum atomic E-state index is 11.3. The van der Waals surface area contributed by atoms with Crippen LogP contribution in [0.1, 0.15) is 48.0 Å². The molecule has 4 nitrogen and oxygen atoms in total. The zero-order valence-electron chi connectivity index (χ0n) is 14.6. The van der Waals surface area contributed by atoms with Crippen molar-refractivity contribution in [1.82, 2.24) is 0 Å². The minimum atomic E-state index is -1.94. The highest BCUT2D eigenvalue weighted by Crippen LogP contribution is 2.30. The summed E-state index contributed by atoms with van der Waals surface area (Å²) < 4.78 is 11.4. The first kappa shape index (κ1) is 20.4. The second-order valence-electron chi connectivity index (χ2n) is 5.82. The lowest BCUT2D eigenvalue weighted by molar-refractivity contribution is -0.133. The van der Waals surface area contributed by atoms with Crippen molar-refractivity contribution >= 4 is 28.6 Å². The Morgan fingerprint density at radius 3 is 1.19 bits per heavy atom. The van der Waals surface area contributed by atoms with E-state index in [2.05, 4.69) is 27.7 Å². The van der Waals surface area contributed by atoms with Crippen molar-refractivity contribution in [3.8, 4) is 0 Å². The molecule has 0 N–H and O–H groups in total. The van der Waals surface area contributed by atoms with Gasteiger partial charge in [-0.2, -0.15) is 0 Å². The van der Waals surface area contributed by atoms with Gasteiger partial charge < -0.3 is 8.85 Å². The molecule has 0 saturated heterocycles. The first-order valence-corrected chi connectivity index (χ1v) is 13.2. The Kier molecular flexibility index (Phi) is 9.12. The van der Waals surface area contributed by atoms with Gasteiger partial charge in [0.15, 0.2) is 0 Å². The maximum absolute atomic E-state index is 11.3. The normalized spacial score (nSPS) is 12.1. The third kappa shape index (κ3) is 6.78. The van der Waals surface area contributed by atoms with E-state index >= 15 is 0 Å². The van der Waals surface area contributed by atoms with E-state index in [0.717, 1.165) is 42.7 Å². The highest BCUT2D eigenvalue weighted by atomic mass is 28.4. The van der Waals surface area contributed by atoms with Crippen LogP contribution in [0.3, 0.4) is 0 Å². The highest BCUT2D eigenvalue weighted by molar-refractivity contribution is 6.76. The number of rotatable bonds is 10. The molecule has 0 amide bonds. The average Bonchev–Trinajstić information content (AvgIpc) is 2.44. The van der Waals surface area contributed by atoms with Crippen LogP contribution in [0.25, 0.3) is 0 Å². The number of hydrogen-bond acceptors (Lipinski definition) is 4. The average molecular weight is 333 g/mol. The standard InChI is InChI=1S/C15H32O4Si2/c1-7-20(8-2,18-14(5)16)12-11-13-21(9-3,10-4)19-15(6)17/h7-13H2,1-6H3. The van der Waals surface area contributed by atoms with Gasteiger partial charge in [-0.05, 0) is 36.3 Å². The van der Waals surface area contributed by atoms with E-state index in [1.807, 2.05) is 0 Å². The van der Waals surface area contributed by atoms with Crippen LogP contribution in [0.4, 0.5) is 0 Å².